The smallest absolute Gasteiger partial charge is 0.357 e. The molecule has 0 spiro atoms. The van der Waals surface area contributed by atoms with Crippen molar-refractivity contribution in [3.05, 3.63) is 93.8 Å². The van der Waals surface area contributed by atoms with E-state index in [0.29, 0.717) is 23.9 Å². The summed E-state index contributed by atoms with van der Waals surface area (Å²) in [6.07, 6.45) is 2.81. The SMILES string of the molecule is CCOC(=O)c1nc(C2=C(c3cc(Cl)ccc3OCc3ccccc3)CCC2)ccc1C. The van der Waals surface area contributed by atoms with Gasteiger partial charge in [-0.15, -0.1) is 0 Å². The molecule has 1 aromatic heterocycles. The van der Waals surface area contributed by atoms with Gasteiger partial charge in [-0.1, -0.05) is 48.0 Å². The van der Waals surface area contributed by atoms with E-state index in [-0.39, 0.29) is 5.97 Å². The normalized spacial score (nSPS) is 13.3. The van der Waals surface area contributed by atoms with E-state index in [4.69, 9.17) is 21.1 Å². The Balaban J connectivity index is 1.72. The number of pyridine rings is 1. The maximum atomic E-state index is 12.4. The molecular formula is C27H26ClNO3. The van der Waals surface area contributed by atoms with Crippen molar-refractivity contribution >= 4 is 28.7 Å². The number of halogens is 1. The summed E-state index contributed by atoms with van der Waals surface area (Å²) >= 11 is 6.37. The van der Waals surface area contributed by atoms with Gasteiger partial charge in [0.25, 0.3) is 0 Å². The first kappa shape index (κ1) is 22.1. The predicted octanol–water partition coefficient (Wildman–Crippen LogP) is 6.89. The van der Waals surface area contributed by atoms with Crippen LogP contribution in [0.2, 0.25) is 5.02 Å². The summed E-state index contributed by atoms with van der Waals surface area (Å²) in [5.74, 6) is 0.409. The Morgan fingerprint density at radius 2 is 1.81 bits per heavy atom. The summed E-state index contributed by atoms with van der Waals surface area (Å²) in [5, 5.41) is 0.662. The van der Waals surface area contributed by atoms with Crippen molar-refractivity contribution in [3.8, 4) is 5.75 Å². The van der Waals surface area contributed by atoms with Crippen LogP contribution in [-0.4, -0.2) is 17.6 Å². The number of allylic oxidation sites excluding steroid dienone is 2. The quantitative estimate of drug-likeness (QED) is 0.370. The van der Waals surface area contributed by atoms with Crippen LogP contribution in [-0.2, 0) is 11.3 Å². The number of benzene rings is 2. The summed E-state index contributed by atoms with van der Waals surface area (Å²) in [6, 6.07) is 19.7. The molecule has 0 saturated heterocycles. The second-order valence-electron chi connectivity index (χ2n) is 7.81. The molecule has 5 heteroatoms. The van der Waals surface area contributed by atoms with Crippen LogP contribution in [0.3, 0.4) is 0 Å². The molecule has 0 N–H and O–H groups in total. The zero-order valence-electron chi connectivity index (χ0n) is 18.4. The average molecular weight is 448 g/mol. The molecule has 0 aliphatic heterocycles. The number of aromatic nitrogens is 1. The lowest BCUT2D eigenvalue weighted by Gasteiger charge is -2.15. The molecule has 0 saturated carbocycles. The molecule has 32 heavy (non-hydrogen) atoms. The van der Waals surface area contributed by atoms with Crippen LogP contribution < -0.4 is 4.74 Å². The van der Waals surface area contributed by atoms with Gasteiger partial charge < -0.3 is 9.47 Å². The standard InChI is InChI=1S/C27H26ClNO3/c1-3-31-27(30)26-18(2)12-14-24(29-26)22-11-7-10-21(22)23-16-20(28)13-15-25(23)32-17-19-8-5-4-6-9-19/h4-6,8-9,12-16H,3,7,10-11,17H2,1-2H3. The Morgan fingerprint density at radius 1 is 1.03 bits per heavy atom. The first-order chi connectivity index (χ1) is 15.6. The fourth-order valence-electron chi connectivity index (χ4n) is 4.03. The average Bonchev–Trinajstić information content (AvgIpc) is 3.29. The minimum atomic E-state index is -0.387. The van der Waals surface area contributed by atoms with Gasteiger partial charge in [0.15, 0.2) is 5.69 Å². The molecule has 0 bridgehead atoms. The largest absolute Gasteiger partial charge is 0.488 e. The number of aryl methyl sites for hydroxylation is 1. The van der Waals surface area contributed by atoms with E-state index >= 15 is 0 Å². The molecule has 4 rings (SSSR count). The van der Waals surface area contributed by atoms with Crippen LogP contribution in [0.25, 0.3) is 11.1 Å². The highest BCUT2D eigenvalue weighted by molar-refractivity contribution is 6.30. The van der Waals surface area contributed by atoms with Crippen LogP contribution in [0.1, 0.15) is 59.1 Å². The number of rotatable bonds is 7. The fraction of sp³-hybridized carbons (Fsp3) is 0.259. The van der Waals surface area contributed by atoms with Gasteiger partial charge in [0.2, 0.25) is 0 Å². The molecule has 1 heterocycles. The Morgan fingerprint density at radius 3 is 2.59 bits per heavy atom. The highest BCUT2D eigenvalue weighted by Crippen LogP contribution is 2.43. The number of hydrogen-bond donors (Lipinski definition) is 0. The topological polar surface area (TPSA) is 48.4 Å². The van der Waals surface area contributed by atoms with Crippen molar-refractivity contribution in [1.29, 1.82) is 0 Å². The molecule has 164 valence electrons. The van der Waals surface area contributed by atoms with Gasteiger partial charge in [-0.25, -0.2) is 9.78 Å². The zero-order valence-corrected chi connectivity index (χ0v) is 19.1. The lowest BCUT2D eigenvalue weighted by Crippen LogP contribution is -2.10. The second-order valence-corrected chi connectivity index (χ2v) is 8.24. The van der Waals surface area contributed by atoms with Gasteiger partial charge in [-0.2, -0.15) is 0 Å². The van der Waals surface area contributed by atoms with Crippen LogP contribution in [0.4, 0.5) is 0 Å². The zero-order chi connectivity index (χ0) is 22.5. The summed E-state index contributed by atoms with van der Waals surface area (Å²) in [5.41, 5.74) is 6.37. The predicted molar refractivity (Wildman–Crippen MR) is 128 cm³/mol. The van der Waals surface area contributed by atoms with E-state index in [1.807, 2.05) is 67.6 Å². The van der Waals surface area contributed by atoms with Crippen LogP contribution in [0.15, 0.2) is 60.7 Å². The van der Waals surface area contributed by atoms with Crippen molar-refractivity contribution in [3.63, 3.8) is 0 Å². The first-order valence-corrected chi connectivity index (χ1v) is 11.3. The highest BCUT2D eigenvalue weighted by Gasteiger charge is 2.23. The summed E-state index contributed by atoms with van der Waals surface area (Å²) in [4.78, 5) is 17.1. The van der Waals surface area contributed by atoms with E-state index < -0.39 is 0 Å². The first-order valence-electron chi connectivity index (χ1n) is 10.9. The molecule has 1 aliphatic rings. The van der Waals surface area contributed by atoms with Gasteiger partial charge in [-0.3, -0.25) is 0 Å². The summed E-state index contributed by atoms with van der Waals surface area (Å²) in [7, 11) is 0. The number of ether oxygens (including phenoxy) is 2. The fourth-order valence-corrected chi connectivity index (χ4v) is 4.20. The third-order valence-corrected chi connectivity index (χ3v) is 5.83. The van der Waals surface area contributed by atoms with Crippen molar-refractivity contribution < 1.29 is 14.3 Å². The van der Waals surface area contributed by atoms with Crippen LogP contribution in [0, 0.1) is 6.92 Å². The Hall–Kier alpha value is -3.11. The van der Waals surface area contributed by atoms with Crippen molar-refractivity contribution in [2.24, 2.45) is 0 Å². The van der Waals surface area contributed by atoms with E-state index in [2.05, 4.69) is 4.98 Å². The monoisotopic (exact) mass is 447 g/mol. The lowest BCUT2D eigenvalue weighted by molar-refractivity contribution is 0.0518. The highest BCUT2D eigenvalue weighted by atomic mass is 35.5. The number of esters is 1. The molecule has 0 fully saturated rings. The molecule has 0 amide bonds. The third-order valence-electron chi connectivity index (χ3n) is 5.60. The Bertz CT molecular complexity index is 1150. The van der Waals surface area contributed by atoms with Crippen molar-refractivity contribution in [1.82, 2.24) is 4.98 Å². The molecule has 3 aromatic rings. The van der Waals surface area contributed by atoms with E-state index in [1.165, 1.54) is 5.57 Å². The van der Waals surface area contributed by atoms with Gasteiger partial charge in [0, 0.05) is 10.6 Å². The van der Waals surface area contributed by atoms with Gasteiger partial charge in [0.1, 0.15) is 12.4 Å². The van der Waals surface area contributed by atoms with Gasteiger partial charge in [0.05, 0.1) is 12.3 Å². The molecule has 0 unspecified atom stereocenters. The molecule has 1 aliphatic carbocycles. The Kier molecular flexibility index (Phi) is 6.91. The van der Waals surface area contributed by atoms with E-state index in [1.54, 1.807) is 6.92 Å². The lowest BCUT2D eigenvalue weighted by atomic mass is 9.98. The van der Waals surface area contributed by atoms with Gasteiger partial charge in [-0.05, 0) is 79.6 Å². The van der Waals surface area contributed by atoms with Crippen molar-refractivity contribution in [2.75, 3.05) is 6.61 Å². The Labute approximate surface area is 193 Å². The summed E-state index contributed by atoms with van der Waals surface area (Å²) in [6.45, 7) is 4.47. The maximum Gasteiger partial charge on any atom is 0.357 e. The number of carbonyl (C=O) groups excluding carboxylic acids is 1. The molecule has 0 radical (unpaired) electrons. The van der Waals surface area contributed by atoms with Gasteiger partial charge >= 0.3 is 5.97 Å². The minimum Gasteiger partial charge on any atom is -0.488 e. The minimum absolute atomic E-state index is 0.322. The summed E-state index contributed by atoms with van der Waals surface area (Å²) < 4.78 is 11.4. The molecular weight excluding hydrogens is 422 g/mol. The van der Waals surface area contributed by atoms with Crippen molar-refractivity contribution in [2.45, 2.75) is 39.7 Å². The number of carbonyl (C=O) groups is 1. The molecule has 2 aromatic carbocycles. The van der Waals surface area contributed by atoms with E-state index in [9.17, 15) is 4.79 Å². The van der Waals surface area contributed by atoms with E-state index in [0.717, 1.165) is 53.0 Å². The third kappa shape index (κ3) is 4.86. The van der Waals surface area contributed by atoms with Crippen LogP contribution >= 0.6 is 11.6 Å². The maximum absolute atomic E-state index is 12.4. The molecule has 0 atom stereocenters. The van der Waals surface area contributed by atoms with Crippen LogP contribution in [0.5, 0.6) is 5.75 Å². The number of nitrogens with zero attached hydrogens (tertiary/aromatic N) is 1. The molecule has 4 nitrogen and oxygen atoms in total. The number of hydrogen-bond acceptors (Lipinski definition) is 4. The second kappa shape index (κ2) is 10.0.